The van der Waals surface area contributed by atoms with E-state index in [1.54, 1.807) is 19.3 Å². The Morgan fingerprint density at radius 2 is 2.16 bits per heavy atom. The van der Waals surface area contributed by atoms with Gasteiger partial charge in [0.25, 0.3) is 0 Å². The van der Waals surface area contributed by atoms with E-state index in [9.17, 15) is 4.79 Å². The number of methoxy groups -OCH3 is 1. The van der Waals surface area contributed by atoms with E-state index in [1.807, 2.05) is 18.2 Å². The van der Waals surface area contributed by atoms with Crippen molar-refractivity contribution in [3.63, 3.8) is 0 Å². The van der Waals surface area contributed by atoms with E-state index in [0.29, 0.717) is 6.04 Å². The Bertz CT molecular complexity index is 479. The minimum absolute atomic E-state index is 0.0334. The van der Waals surface area contributed by atoms with Crippen molar-refractivity contribution in [2.45, 2.75) is 31.7 Å². The molecule has 3 nitrogen and oxygen atoms in total. The topological polar surface area (TPSA) is 38.3 Å². The average Bonchev–Trinajstić information content (AvgIpc) is 2.89. The summed E-state index contributed by atoms with van der Waals surface area (Å²) in [6.07, 6.45) is 7.98. The summed E-state index contributed by atoms with van der Waals surface area (Å²) in [6.45, 7) is 0. The molecule has 0 aromatic heterocycles. The normalized spacial score (nSPS) is 15.9. The van der Waals surface area contributed by atoms with Gasteiger partial charge in [0.15, 0.2) is 0 Å². The molecule has 1 fully saturated rings. The first-order valence-corrected chi connectivity index (χ1v) is 7.30. The minimum Gasteiger partial charge on any atom is -0.496 e. The molecular formula is C15H18BrNO2. The average molecular weight is 324 g/mol. The summed E-state index contributed by atoms with van der Waals surface area (Å²) in [7, 11) is 1.62. The quantitative estimate of drug-likeness (QED) is 0.861. The summed E-state index contributed by atoms with van der Waals surface area (Å²) in [5, 5.41) is 3.02. The number of rotatable bonds is 4. The van der Waals surface area contributed by atoms with Crippen molar-refractivity contribution in [2.75, 3.05) is 7.11 Å². The lowest BCUT2D eigenvalue weighted by molar-refractivity contribution is -0.117. The third kappa shape index (κ3) is 4.10. The highest BCUT2D eigenvalue weighted by molar-refractivity contribution is 9.10. The number of hydrogen-bond donors (Lipinski definition) is 1. The lowest BCUT2D eigenvalue weighted by Crippen LogP contribution is -2.30. The molecule has 102 valence electrons. The zero-order valence-corrected chi connectivity index (χ0v) is 12.6. The molecule has 1 N–H and O–H groups in total. The van der Waals surface area contributed by atoms with Gasteiger partial charge in [0.05, 0.1) is 7.11 Å². The van der Waals surface area contributed by atoms with Crippen LogP contribution in [0.1, 0.15) is 31.2 Å². The SMILES string of the molecule is COc1ccc(Br)cc1C=CC(=O)NC1CCCC1. The van der Waals surface area contributed by atoms with Crippen LogP contribution < -0.4 is 10.1 Å². The fourth-order valence-electron chi connectivity index (χ4n) is 2.32. The molecule has 1 aromatic carbocycles. The van der Waals surface area contributed by atoms with Gasteiger partial charge in [0.2, 0.25) is 5.91 Å². The highest BCUT2D eigenvalue weighted by atomic mass is 79.9. The van der Waals surface area contributed by atoms with Gasteiger partial charge in [-0.2, -0.15) is 0 Å². The Labute approximate surface area is 122 Å². The van der Waals surface area contributed by atoms with Gasteiger partial charge in [0, 0.05) is 22.2 Å². The molecule has 2 rings (SSSR count). The highest BCUT2D eigenvalue weighted by Crippen LogP contribution is 2.24. The summed E-state index contributed by atoms with van der Waals surface area (Å²) in [5.41, 5.74) is 0.887. The number of halogens is 1. The van der Waals surface area contributed by atoms with E-state index in [-0.39, 0.29) is 5.91 Å². The lowest BCUT2D eigenvalue weighted by Gasteiger charge is -2.09. The lowest BCUT2D eigenvalue weighted by atomic mass is 10.2. The molecule has 0 saturated heterocycles. The third-order valence-electron chi connectivity index (χ3n) is 3.31. The number of ether oxygens (including phenoxy) is 1. The molecule has 0 atom stereocenters. The van der Waals surface area contributed by atoms with Crippen LogP contribution >= 0.6 is 15.9 Å². The molecule has 1 aliphatic rings. The maximum Gasteiger partial charge on any atom is 0.244 e. The number of carbonyl (C=O) groups is 1. The number of hydrogen-bond acceptors (Lipinski definition) is 2. The maximum atomic E-state index is 11.8. The standard InChI is InChI=1S/C15H18BrNO2/c1-19-14-8-7-12(16)10-11(14)6-9-15(18)17-13-4-2-3-5-13/h6-10,13H,2-5H2,1H3,(H,17,18). The molecule has 1 aliphatic carbocycles. The molecule has 1 aromatic rings. The van der Waals surface area contributed by atoms with Crippen molar-refractivity contribution in [2.24, 2.45) is 0 Å². The molecule has 1 amide bonds. The van der Waals surface area contributed by atoms with E-state index < -0.39 is 0 Å². The van der Waals surface area contributed by atoms with Crippen LogP contribution in [0.25, 0.3) is 6.08 Å². The van der Waals surface area contributed by atoms with Gasteiger partial charge < -0.3 is 10.1 Å². The summed E-state index contributed by atoms with van der Waals surface area (Å²) in [4.78, 5) is 11.8. The van der Waals surface area contributed by atoms with Crippen LogP contribution in [0.2, 0.25) is 0 Å². The predicted octanol–water partition coefficient (Wildman–Crippen LogP) is 3.53. The molecule has 0 radical (unpaired) electrons. The van der Waals surface area contributed by atoms with Crippen molar-refractivity contribution < 1.29 is 9.53 Å². The second kappa shape index (κ2) is 6.75. The second-order valence-corrected chi connectivity index (χ2v) is 5.63. The molecular weight excluding hydrogens is 306 g/mol. The molecule has 1 saturated carbocycles. The first-order chi connectivity index (χ1) is 9.19. The van der Waals surface area contributed by atoms with Crippen molar-refractivity contribution in [3.05, 3.63) is 34.3 Å². The fourth-order valence-corrected chi connectivity index (χ4v) is 2.70. The fraction of sp³-hybridized carbons (Fsp3) is 0.400. The molecule has 0 aliphatic heterocycles. The molecule has 0 spiro atoms. The number of benzene rings is 1. The van der Waals surface area contributed by atoms with Crippen LogP contribution in [0, 0.1) is 0 Å². The van der Waals surface area contributed by atoms with Crippen LogP contribution in [0.15, 0.2) is 28.7 Å². The second-order valence-electron chi connectivity index (χ2n) is 4.71. The van der Waals surface area contributed by atoms with Gasteiger partial charge in [0.1, 0.15) is 5.75 Å². The van der Waals surface area contributed by atoms with Gasteiger partial charge in [-0.05, 0) is 37.1 Å². The Morgan fingerprint density at radius 3 is 2.84 bits per heavy atom. The maximum absolute atomic E-state index is 11.8. The summed E-state index contributed by atoms with van der Waals surface area (Å²) in [6, 6.07) is 6.06. The number of amides is 1. The first kappa shape index (κ1) is 14.1. The van der Waals surface area contributed by atoms with E-state index in [2.05, 4.69) is 21.2 Å². The van der Waals surface area contributed by atoms with E-state index in [0.717, 1.165) is 28.6 Å². The van der Waals surface area contributed by atoms with Gasteiger partial charge in [-0.1, -0.05) is 28.8 Å². The summed E-state index contributed by atoms with van der Waals surface area (Å²) in [5.74, 6) is 0.724. The Balaban J connectivity index is 2.00. The summed E-state index contributed by atoms with van der Waals surface area (Å²) >= 11 is 3.41. The minimum atomic E-state index is -0.0334. The molecule has 0 bridgehead atoms. The van der Waals surface area contributed by atoms with Gasteiger partial charge in [-0.15, -0.1) is 0 Å². The Kier molecular flexibility index (Phi) is 5.02. The van der Waals surface area contributed by atoms with Crippen LogP contribution in [0.3, 0.4) is 0 Å². The van der Waals surface area contributed by atoms with Crippen molar-refractivity contribution in [3.8, 4) is 5.75 Å². The highest BCUT2D eigenvalue weighted by Gasteiger charge is 2.15. The van der Waals surface area contributed by atoms with Crippen LogP contribution in [0.4, 0.5) is 0 Å². The van der Waals surface area contributed by atoms with Crippen LogP contribution in [-0.2, 0) is 4.79 Å². The van der Waals surface area contributed by atoms with Gasteiger partial charge >= 0.3 is 0 Å². The molecule has 0 unspecified atom stereocenters. The van der Waals surface area contributed by atoms with Gasteiger partial charge in [-0.25, -0.2) is 0 Å². The van der Waals surface area contributed by atoms with Crippen molar-refractivity contribution >= 4 is 27.9 Å². The molecule has 19 heavy (non-hydrogen) atoms. The Hall–Kier alpha value is -1.29. The first-order valence-electron chi connectivity index (χ1n) is 6.51. The molecule has 4 heteroatoms. The monoisotopic (exact) mass is 323 g/mol. The van der Waals surface area contributed by atoms with Gasteiger partial charge in [-0.3, -0.25) is 4.79 Å². The predicted molar refractivity (Wildman–Crippen MR) is 80.1 cm³/mol. The zero-order valence-electron chi connectivity index (χ0n) is 11.0. The number of nitrogens with one attached hydrogen (secondary N) is 1. The zero-order chi connectivity index (χ0) is 13.7. The Morgan fingerprint density at radius 1 is 1.42 bits per heavy atom. The smallest absolute Gasteiger partial charge is 0.244 e. The molecule has 0 heterocycles. The number of carbonyl (C=O) groups excluding carboxylic acids is 1. The summed E-state index contributed by atoms with van der Waals surface area (Å²) < 4.78 is 6.22. The van der Waals surface area contributed by atoms with Crippen molar-refractivity contribution in [1.82, 2.24) is 5.32 Å². The van der Waals surface area contributed by atoms with Crippen LogP contribution in [-0.4, -0.2) is 19.1 Å². The van der Waals surface area contributed by atoms with Crippen LogP contribution in [0.5, 0.6) is 5.75 Å². The van der Waals surface area contributed by atoms with E-state index in [1.165, 1.54) is 12.8 Å². The van der Waals surface area contributed by atoms with E-state index >= 15 is 0 Å². The largest absolute Gasteiger partial charge is 0.496 e. The van der Waals surface area contributed by atoms with E-state index in [4.69, 9.17) is 4.74 Å². The van der Waals surface area contributed by atoms with Crippen molar-refractivity contribution in [1.29, 1.82) is 0 Å². The third-order valence-corrected chi connectivity index (χ3v) is 3.80.